The Labute approximate surface area is 93.7 Å². The molecule has 0 atom stereocenters. The van der Waals surface area contributed by atoms with Crippen molar-refractivity contribution in [2.24, 2.45) is 0 Å². The number of benzene rings is 2. The molecule has 0 fully saturated rings. The van der Waals surface area contributed by atoms with Gasteiger partial charge in [-0.3, -0.25) is 0 Å². The van der Waals surface area contributed by atoms with Crippen LogP contribution in [-0.4, -0.2) is 20.0 Å². The van der Waals surface area contributed by atoms with Gasteiger partial charge in [0.05, 0.1) is 4.90 Å². The second-order valence-electron chi connectivity index (χ2n) is 3.36. The van der Waals surface area contributed by atoms with Crippen LogP contribution in [0.2, 0.25) is 0 Å². The fourth-order valence-corrected chi connectivity index (χ4v) is 2.39. The van der Waals surface area contributed by atoms with Crippen molar-refractivity contribution in [1.82, 2.24) is 0 Å². The highest BCUT2D eigenvalue weighted by Gasteiger charge is 2.09. The zero-order valence-corrected chi connectivity index (χ0v) is 9.41. The van der Waals surface area contributed by atoms with E-state index in [2.05, 4.69) is 5.32 Å². The second-order valence-corrected chi connectivity index (χ2v) is 4.71. The Morgan fingerprint density at radius 3 is 2.25 bits per heavy atom. The van der Waals surface area contributed by atoms with Crippen LogP contribution in [0.1, 0.15) is 0 Å². The fraction of sp³-hybridized carbons (Fsp3) is 0.0909. The molecular formula is C11H10NO3S-. The van der Waals surface area contributed by atoms with E-state index >= 15 is 0 Å². The minimum Gasteiger partial charge on any atom is -0.744 e. The maximum absolute atomic E-state index is 11.1. The Hall–Kier alpha value is -1.59. The average Bonchev–Trinajstić information content (AvgIpc) is 2.26. The lowest BCUT2D eigenvalue weighted by Gasteiger charge is -2.13. The lowest BCUT2D eigenvalue weighted by Crippen LogP contribution is -2.00. The predicted octanol–water partition coefficient (Wildman–Crippen LogP) is 1.79. The molecule has 84 valence electrons. The number of anilines is 1. The minimum absolute atomic E-state index is 0.179. The van der Waals surface area contributed by atoms with Crippen molar-refractivity contribution in [3.05, 3.63) is 36.4 Å². The zero-order chi connectivity index (χ0) is 11.8. The Kier molecular flexibility index (Phi) is 2.57. The summed E-state index contributed by atoms with van der Waals surface area (Å²) < 4.78 is 33.2. The highest BCUT2D eigenvalue weighted by Crippen LogP contribution is 2.28. The Morgan fingerprint density at radius 2 is 1.69 bits per heavy atom. The standard InChI is InChI=1S/C11H11NO3S/c1-12-10-6-7-11(16(13,14)15)9-5-3-2-4-8(9)10/h2-7,12H,1H3,(H,13,14,15)/p-1. The molecule has 1 N–H and O–H groups in total. The first-order valence-corrected chi connectivity index (χ1v) is 6.10. The van der Waals surface area contributed by atoms with Gasteiger partial charge in [-0.1, -0.05) is 24.3 Å². The summed E-state index contributed by atoms with van der Waals surface area (Å²) in [6, 6.07) is 9.82. The van der Waals surface area contributed by atoms with Crippen LogP contribution in [-0.2, 0) is 10.1 Å². The Morgan fingerprint density at radius 1 is 1.06 bits per heavy atom. The van der Waals surface area contributed by atoms with E-state index in [-0.39, 0.29) is 4.90 Å². The summed E-state index contributed by atoms with van der Waals surface area (Å²) in [6.45, 7) is 0. The van der Waals surface area contributed by atoms with E-state index < -0.39 is 10.1 Å². The van der Waals surface area contributed by atoms with Crippen LogP contribution in [0.3, 0.4) is 0 Å². The molecule has 0 aliphatic rings. The molecule has 0 spiro atoms. The normalized spacial score (nSPS) is 11.6. The largest absolute Gasteiger partial charge is 0.744 e. The van der Waals surface area contributed by atoms with Gasteiger partial charge in [0.2, 0.25) is 0 Å². The van der Waals surface area contributed by atoms with E-state index in [0.29, 0.717) is 5.39 Å². The average molecular weight is 236 g/mol. The molecule has 2 rings (SSSR count). The van der Waals surface area contributed by atoms with E-state index in [1.165, 1.54) is 6.07 Å². The quantitative estimate of drug-likeness (QED) is 0.807. The van der Waals surface area contributed by atoms with Crippen molar-refractivity contribution < 1.29 is 13.0 Å². The van der Waals surface area contributed by atoms with Gasteiger partial charge in [0, 0.05) is 23.5 Å². The van der Waals surface area contributed by atoms with E-state index in [1.807, 2.05) is 0 Å². The van der Waals surface area contributed by atoms with Gasteiger partial charge in [-0.05, 0) is 12.1 Å². The molecule has 0 heterocycles. The molecule has 2 aromatic rings. The van der Waals surface area contributed by atoms with Gasteiger partial charge in [-0.15, -0.1) is 0 Å². The molecule has 0 aliphatic carbocycles. The SMILES string of the molecule is CNc1ccc(S(=O)(=O)[O-])c2ccccc12. The van der Waals surface area contributed by atoms with Crippen molar-refractivity contribution in [1.29, 1.82) is 0 Å². The predicted molar refractivity (Wildman–Crippen MR) is 61.5 cm³/mol. The monoisotopic (exact) mass is 236 g/mol. The zero-order valence-electron chi connectivity index (χ0n) is 8.60. The van der Waals surface area contributed by atoms with Crippen LogP contribution in [0.15, 0.2) is 41.3 Å². The number of fused-ring (bicyclic) bond motifs is 1. The van der Waals surface area contributed by atoms with Crippen LogP contribution in [0.5, 0.6) is 0 Å². The maximum Gasteiger partial charge on any atom is 0.125 e. The van der Waals surface area contributed by atoms with Crippen LogP contribution in [0.25, 0.3) is 10.8 Å². The highest BCUT2D eigenvalue weighted by molar-refractivity contribution is 7.86. The molecule has 4 nitrogen and oxygen atoms in total. The van der Waals surface area contributed by atoms with Crippen LogP contribution in [0, 0.1) is 0 Å². The molecule has 2 aromatic carbocycles. The molecule has 0 saturated carbocycles. The fourth-order valence-electron chi connectivity index (χ4n) is 1.71. The van der Waals surface area contributed by atoms with E-state index in [4.69, 9.17) is 0 Å². The van der Waals surface area contributed by atoms with Gasteiger partial charge in [-0.25, -0.2) is 8.42 Å². The van der Waals surface area contributed by atoms with E-state index in [9.17, 15) is 13.0 Å². The number of hydrogen-bond acceptors (Lipinski definition) is 4. The summed E-state index contributed by atoms with van der Waals surface area (Å²) in [4.78, 5) is -0.179. The van der Waals surface area contributed by atoms with Crippen LogP contribution >= 0.6 is 0 Å². The number of nitrogens with one attached hydrogen (secondary N) is 1. The first-order chi connectivity index (χ1) is 7.54. The molecule has 5 heteroatoms. The topological polar surface area (TPSA) is 69.2 Å². The summed E-state index contributed by atoms with van der Waals surface area (Å²) in [5, 5.41) is 4.12. The Balaban J connectivity index is 2.91. The lowest BCUT2D eigenvalue weighted by molar-refractivity contribution is 0.464. The third-order valence-corrected chi connectivity index (χ3v) is 3.32. The summed E-state index contributed by atoms with van der Waals surface area (Å²) in [5.41, 5.74) is 0.794. The molecule has 0 amide bonds. The molecule has 0 bridgehead atoms. The van der Waals surface area contributed by atoms with Gasteiger partial charge in [0.15, 0.2) is 0 Å². The van der Waals surface area contributed by atoms with Crippen molar-refractivity contribution in [2.75, 3.05) is 12.4 Å². The third kappa shape index (κ3) is 1.75. The molecule has 0 aliphatic heterocycles. The summed E-state index contributed by atoms with van der Waals surface area (Å²) in [5.74, 6) is 0. The maximum atomic E-state index is 11.1. The van der Waals surface area contributed by atoms with Crippen molar-refractivity contribution in [2.45, 2.75) is 4.90 Å². The van der Waals surface area contributed by atoms with Gasteiger partial charge in [0.25, 0.3) is 0 Å². The second kappa shape index (κ2) is 3.77. The molecule has 0 radical (unpaired) electrons. The molecule has 0 aromatic heterocycles. The van der Waals surface area contributed by atoms with E-state index in [1.54, 1.807) is 37.4 Å². The smallest absolute Gasteiger partial charge is 0.125 e. The van der Waals surface area contributed by atoms with Crippen LogP contribution < -0.4 is 5.32 Å². The molecule has 0 saturated heterocycles. The highest BCUT2D eigenvalue weighted by atomic mass is 32.2. The first-order valence-electron chi connectivity index (χ1n) is 4.69. The molecule has 16 heavy (non-hydrogen) atoms. The number of hydrogen-bond donors (Lipinski definition) is 1. The van der Waals surface area contributed by atoms with Gasteiger partial charge in [-0.2, -0.15) is 0 Å². The van der Waals surface area contributed by atoms with Crippen molar-refractivity contribution >= 4 is 26.6 Å². The third-order valence-electron chi connectivity index (χ3n) is 2.42. The summed E-state index contributed by atoms with van der Waals surface area (Å²) >= 11 is 0. The minimum atomic E-state index is -4.43. The number of rotatable bonds is 2. The summed E-state index contributed by atoms with van der Waals surface area (Å²) in [6.07, 6.45) is 0. The summed E-state index contributed by atoms with van der Waals surface area (Å²) in [7, 11) is -2.69. The molecular weight excluding hydrogens is 226 g/mol. The molecule has 0 unspecified atom stereocenters. The lowest BCUT2D eigenvalue weighted by atomic mass is 10.1. The van der Waals surface area contributed by atoms with E-state index in [0.717, 1.165) is 11.1 Å². The van der Waals surface area contributed by atoms with Gasteiger partial charge in [0.1, 0.15) is 10.1 Å². The van der Waals surface area contributed by atoms with Gasteiger partial charge >= 0.3 is 0 Å². The first kappa shape index (κ1) is 10.9. The van der Waals surface area contributed by atoms with Crippen LogP contribution in [0.4, 0.5) is 5.69 Å². The van der Waals surface area contributed by atoms with Gasteiger partial charge < -0.3 is 9.87 Å². The Bertz CT molecular complexity index is 635. The van der Waals surface area contributed by atoms with Crippen molar-refractivity contribution in [3.8, 4) is 0 Å². The van der Waals surface area contributed by atoms with Crippen molar-refractivity contribution in [3.63, 3.8) is 0 Å².